The zero-order chi connectivity index (χ0) is 10.4. The van der Waals surface area contributed by atoms with Crippen LogP contribution < -0.4 is 0 Å². The normalized spacial score (nSPS) is 12.0. The van der Waals surface area contributed by atoms with Crippen LogP contribution in [0, 0.1) is 10.1 Å². The van der Waals surface area contributed by atoms with Crippen molar-refractivity contribution in [2.75, 3.05) is 6.54 Å². The van der Waals surface area contributed by atoms with Crippen LogP contribution in [-0.2, 0) is 4.79 Å². The molecule has 0 aromatic heterocycles. The van der Waals surface area contributed by atoms with Crippen molar-refractivity contribution in [3.63, 3.8) is 0 Å². The Morgan fingerprint density at radius 3 is 2.50 bits per heavy atom. The van der Waals surface area contributed by atoms with Gasteiger partial charge in [-0.05, 0) is 5.56 Å². The smallest absolute Gasteiger partial charge is 0.211 e. The van der Waals surface area contributed by atoms with E-state index in [-0.39, 0.29) is 23.8 Å². The van der Waals surface area contributed by atoms with Gasteiger partial charge in [-0.3, -0.25) is 10.1 Å². The number of hydrogen-bond donors (Lipinski definition) is 0. The van der Waals surface area contributed by atoms with E-state index in [0.29, 0.717) is 0 Å². The SMILES string of the molecule is O=CCC(C[N+](=O)[O-])c1ccccc1. The highest BCUT2D eigenvalue weighted by Crippen LogP contribution is 2.18. The van der Waals surface area contributed by atoms with Crippen LogP contribution in [-0.4, -0.2) is 17.8 Å². The van der Waals surface area contributed by atoms with E-state index in [1.807, 2.05) is 18.2 Å². The Kier molecular flexibility index (Phi) is 3.79. The minimum atomic E-state index is -0.388. The topological polar surface area (TPSA) is 60.2 Å². The molecule has 0 radical (unpaired) electrons. The number of benzene rings is 1. The van der Waals surface area contributed by atoms with Gasteiger partial charge in [0.1, 0.15) is 6.29 Å². The Morgan fingerprint density at radius 2 is 2.00 bits per heavy atom. The fourth-order valence-electron chi connectivity index (χ4n) is 1.34. The largest absolute Gasteiger partial charge is 0.303 e. The average Bonchev–Trinajstić information content (AvgIpc) is 2.18. The molecule has 14 heavy (non-hydrogen) atoms. The van der Waals surface area contributed by atoms with Crippen LogP contribution in [0.3, 0.4) is 0 Å². The highest BCUT2D eigenvalue weighted by atomic mass is 16.6. The van der Waals surface area contributed by atoms with Crippen molar-refractivity contribution in [3.05, 3.63) is 46.0 Å². The lowest BCUT2D eigenvalue weighted by Crippen LogP contribution is -2.12. The fourth-order valence-corrected chi connectivity index (χ4v) is 1.34. The molecule has 1 unspecified atom stereocenters. The molecular formula is C10H11NO3. The predicted octanol–water partition coefficient (Wildman–Crippen LogP) is 1.64. The third kappa shape index (κ3) is 2.97. The van der Waals surface area contributed by atoms with E-state index in [2.05, 4.69) is 0 Å². The summed E-state index contributed by atoms with van der Waals surface area (Å²) in [5.74, 6) is -0.302. The molecule has 1 aromatic carbocycles. The molecule has 0 saturated heterocycles. The van der Waals surface area contributed by atoms with Gasteiger partial charge < -0.3 is 4.79 Å². The van der Waals surface area contributed by atoms with Crippen LogP contribution in [0.1, 0.15) is 17.9 Å². The van der Waals surface area contributed by atoms with Crippen LogP contribution in [0.2, 0.25) is 0 Å². The maximum Gasteiger partial charge on any atom is 0.211 e. The van der Waals surface area contributed by atoms with Crippen molar-refractivity contribution in [1.29, 1.82) is 0 Å². The summed E-state index contributed by atoms with van der Waals surface area (Å²) >= 11 is 0. The van der Waals surface area contributed by atoms with E-state index >= 15 is 0 Å². The van der Waals surface area contributed by atoms with Crippen molar-refractivity contribution in [1.82, 2.24) is 0 Å². The van der Waals surface area contributed by atoms with Crippen LogP contribution in [0.4, 0.5) is 0 Å². The second-order valence-corrected chi connectivity index (χ2v) is 3.03. The molecule has 0 saturated carbocycles. The monoisotopic (exact) mass is 193 g/mol. The average molecular weight is 193 g/mol. The minimum absolute atomic E-state index is 0.192. The molecule has 0 aliphatic carbocycles. The van der Waals surface area contributed by atoms with E-state index in [9.17, 15) is 14.9 Å². The standard InChI is InChI=1S/C10H11NO3/c12-7-6-10(8-11(13)14)9-4-2-1-3-5-9/h1-5,7,10H,6,8H2. The zero-order valence-electron chi connectivity index (χ0n) is 7.63. The molecule has 0 N–H and O–H groups in total. The molecule has 1 atom stereocenters. The first-order valence-corrected chi connectivity index (χ1v) is 4.34. The van der Waals surface area contributed by atoms with E-state index in [1.165, 1.54) is 0 Å². The summed E-state index contributed by atoms with van der Waals surface area (Å²) in [6.07, 6.45) is 0.923. The van der Waals surface area contributed by atoms with Crippen molar-refractivity contribution in [2.24, 2.45) is 0 Å². The Labute approximate surface area is 81.7 Å². The van der Waals surface area contributed by atoms with Gasteiger partial charge in [-0.15, -0.1) is 0 Å². The molecule has 4 heteroatoms. The van der Waals surface area contributed by atoms with Crippen molar-refractivity contribution >= 4 is 6.29 Å². The van der Waals surface area contributed by atoms with Crippen LogP contribution in [0.15, 0.2) is 30.3 Å². The van der Waals surface area contributed by atoms with Crippen LogP contribution in [0.5, 0.6) is 0 Å². The van der Waals surface area contributed by atoms with Gasteiger partial charge in [-0.2, -0.15) is 0 Å². The van der Waals surface area contributed by atoms with E-state index < -0.39 is 0 Å². The van der Waals surface area contributed by atoms with E-state index in [0.717, 1.165) is 11.8 Å². The molecule has 1 rings (SSSR count). The predicted molar refractivity (Wildman–Crippen MR) is 51.7 cm³/mol. The Bertz CT molecular complexity index is 310. The first-order chi connectivity index (χ1) is 6.74. The molecule has 0 fully saturated rings. The van der Waals surface area contributed by atoms with Gasteiger partial charge in [0.15, 0.2) is 0 Å². The lowest BCUT2D eigenvalue weighted by molar-refractivity contribution is -0.483. The van der Waals surface area contributed by atoms with Crippen molar-refractivity contribution < 1.29 is 9.72 Å². The maximum atomic E-state index is 10.3. The van der Waals surface area contributed by atoms with Crippen molar-refractivity contribution in [2.45, 2.75) is 12.3 Å². The van der Waals surface area contributed by atoms with Gasteiger partial charge in [-0.25, -0.2) is 0 Å². The molecule has 0 amide bonds. The zero-order valence-corrected chi connectivity index (χ0v) is 7.63. The third-order valence-electron chi connectivity index (χ3n) is 2.02. The van der Waals surface area contributed by atoms with Crippen molar-refractivity contribution in [3.8, 4) is 0 Å². The Balaban J connectivity index is 2.77. The number of nitro groups is 1. The summed E-state index contributed by atoms with van der Waals surface area (Å²) in [6, 6.07) is 9.07. The summed E-state index contributed by atoms with van der Waals surface area (Å²) in [5, 5.41) is 10.3. The summed E-state index contributed by atoms with van der Waals surface area (Å²) in [5.41, 5.74) is 0.844. The maximum absolute atomic E-state index is 10.3. The van der Waals surface area contributed by atoms with Gasteiger partial charge in [0.25, 0.3) is 0 Å². The Morgan fingerprint density at radius 1 is 1.36 bits per heavy atom. The molecule has 1 aromatic rings. The molecule has 0 aliphatic rings. The van der Waals surface area contributed by atoms with Gasteiger partial charge in [0.2, 0.25) is 6.54 Å². The highest BCUT2D eigenvalue weighted by molar-refractivity contribution is 5.51. The molecular weight excluding hydrogens is 182 g/mol. The molecule has 0 spiro atoms. The highest BCUT2D eigenvalue weighted by Gasteiger charge is 2.16. The summed E-state index contributed by atoms with van der Waals surface area (Å²) in [6.45, 7) is -0.192. The first-order valence-electron chi connectivity index (χ1n) is 4.34. The molecule has 0 heterocycles. The van der Waals surface area contributed by atoms with Gasteiger partial charge in [0.05, 0.1) is 5.92 Å². The van der Waals surface area contributed by atoms with Gasteiger partial charge in [0, 0.05) is 11.3 Å². The fraction of sp³-hybridized carbons (Fsp3) is 0.300. The summed E-state index contributed by atoms with van der Waals surface area (Å²) in [4.78, 5) is 20.3. The number of hydrogen-bond acceptors (Lipinski definition) is 3. The second kappa shape index (κ2) is 5.11. The van der Waals surface area contributed by atoms with E-state index in [1.54, 1.807) is 12.1 Å². The van der Waals surface area contributed by atoms with Gasteiger partial charge >= 0.3 is 0 Å². The number of carbonyl (C=O) groups is 1. The molecule has 4 nitrogen and oxygen atoms in total. The second-order valence-electron chi connectivity index (χ2n) is 3.03. The summed E-state index contributed by atoms with van der Waals surface area (Å²) < 4.78 is 0. The molecule has 74 valence electrons. The summed E-state index contributed by atoms with van der Waals surface area (Å²) in [7, 11) is 0. The third-order valence-corrected chi connectivity index (χ3v) is 2.02. The lowest BCUT2D eigenvalue weighted by Gasteiger charge is -2.08. The lowest BCUT2D eigenvalue weighted by atomic mass is 9.97. The number of carbonyl (C=O) groups excluding carboxylic acids is 1. The number of aldehydes is 1. The Hall–Kier alpha value is -1.71. The minimum Gasteiger partial charge on any atom is -0.303 e. The molecule has 0 aliphatic heterocycles. The first kappa shape index (κ1) is 10.4. The van der Waals surface area contributed by atoms with Crippen LogP contribution in [0.25, 0.3) is 0 Å². The quantitative estimate of drug-likeness (QED) is 0.405. The van der Waals surface area contributed by atoms with E-state index in [4.69, 9.17) is 0 Å². The molecule has 0 bridgehead atoms. The van der Waals surface area contributed by atoms with Gasteiger partial charge in [-0.1, -0.05) is 30.3 Å². The van der Waals surface area contributed by atoms with Crippen LogP contribution >= 0.6 is 0 Å². The number of nitrogens with zero attached hydrogens (tertiary/aromatic N) is 1. The number of rotatable bonds is 5.